The molecule has 1 fully saturated rings. The Balaban J connectivity index is 1.93. The van der Waals surface area contributed by atoms with Gasteiger partial charge in [-0.2, -0.15) is 0 Å². The Labute approximate surface area is 147 Å². The van der Waals surface area contributed by atoms with Crippen LogP contribution < -0.4 is 10.2 Å². The number of piperidine rings is 1. The fourth-order valence-electron chi connectivity index (χ4n) is 2.95. The minimum absolute atomic E-state index is 0.0856. The molecular weight excluding hydrogens is 322 g/mol. The summed E-state index contributed by atoms with van der Waals surface area (Å²) in [5, 5.41) is 11.7. The van der Waals surface area contributed by atoms with E-state index in [0.717, 1.165) is 32.4 Å². The number of aliphatic carboxylic acids is 1. The van der Waals surface area contributed by atoms with Crippen LogP contribution in [0.2, 0.25) is 0 Å². The average molecular weight is 347 g/mol. The predicted octanol–water partition coefficient (Wildman–Crippen LogP) is 1.09. The Bertz CT molecular complexity index is 600. The molecule has 7 heteroatoms. The van der Waals surface area contributed by atoms with Gasteiger partial charge in [-0.1, -0.05) is 18.2 Å². The fraction of sp³-hybridized carbons (Fsp3) is 0.500. The normalized spacial score (nSPS) is 15.3. The van der Waals surface area contributed by atoms with Crippen LogP contribution in [0.5, 0.6) is 0 Å². The van der Waals surface area contributed by atoms with Gasteiger partial charge in [0.25, 0.3) is 0 Å². The van der Waals surface area contributed by atoms with Crippen LogP contribution in [0.4, 0.5) is 5.69 Å². The van der Waals surface area contributed by atoms with E-state index in [1.807, 2.05) is 6.07 Å². The molecule has 0 bridgehead atoms. The molecule has 1 aliphatic rings. The highest BCUT2D eigenvalue weighted by Crippen LogP contribution is 2.13. The van der Waals surface area contributed by atoms with Crippen molar-refractivity contribution >= 4 is 23.5 Å². The van der Waals surface area contributed by atoms with Crippen molar-refractivity contribution in [3.8, 4) is 0 Å². The molecule has 1 unspecified atom stereocenters. The van der Waals surface area contributed by atoms with E-state index in [9.17, 15) is 14.4 Å². The molecule has 7 nitrogen and oxygen atoms in total. The molecule has 0 saturated carbocycles. The predicted molar refractivity (Wildman–Crippen MR) is 94.3 cm³/mol. The Morgan fingerprint density at radius 2 is 1.76 bits per heavy atom. The lowest BCUT2D eigenvalue weighted by Crippen LogP contribution is -2.50. The van der Waals surface area contributed by atoms with Gasteiger partial charge in [-0.05, 0) is 38.3 Å². The van der Waals surface area contributed by atoms with Crippen molar-refractivity contribution in [3.63, 3.8) is 0 Å². The van der Waals surface area contributed by atoms with E-state index in [1.165, 1.54) is 4.90 Å². The number of para-hydroxylation sites is 1. The lowest BCUT2D eigenvalue weighted by atomic mass is 10.1. The van der Waals surface area contributed by atoms with Crippen molar-refractivity contribution in [2.45, 2.75) is 32.2 Å². The maximum Gasteiger partial charge on any atom is 0.323 e. The third kappa shape index (κ3) is 5.77. The molecule has 1 atom stereocenters. The monoisotopic (exact) mass is 347 g/mol. The van der Waals surface area contributed by atoms with Crippen molar-refractivity contribution in [3.05, 3.63) is 30.3 Å². The van der Waals surface area contributed by atoms with Gasteiger partial charge in [-0.15, -0.1) is 0 Å². The Kier molecular flexibility index (Phi) is 6.80. The van der Waals surface area contributed by atoms with Crippen LogP contribution in [-0.4, -0.2) is 60.0 Å². The topological polar surface area (TPSA) is 90.0 Å². The van der Waals surface area contributed by atoms with Gasteiger partial charge in [0.1, 0.15) is 12.6 Å². The zero-order valence-electron chi connectivity index (χ0n) is 14.5. The van der Waals surface area contributed by atoms with Gasteiger partial charge in [-0.25, -0.2) is 0 Å². The van der Waals surface area contributed by atoms with Gasteiger partial charge in [0.2, 0.25) is 11.8 Å². The third-order valence-corrected chi connectivity index (χ3v) is 4.20. The van der Waals surface area contributed by atoms with Crippen LogP contribution in [0.15, 0.2) is 30.3 Å². The van der Waals surface area contributed by atoms with Crippen LogP contribution in [0.25, 0.3) is 0 Å². The standard InChI is InChI=1S/C18H25N3O4/c1-14(18(25)20-10-6-3-7-11-20)19-16(22)12-21(13-17(23)24)15-8-4-2-5-9-15/h2,4-5,8-9,14H,3,6-7,10-13H2,1H3,(H,19,22)(H,23,24). The molecule has 0 radical (unpaired) electrons. The largest absolute Gasteiger partial charge is 0.480 e. The van der Waals surface area contributed by atoms with E-state index in [1.54, 1.807) is 36.1 Å². The number of hydrogen-bond acceptors (Lipinski definition) is 4. The van der Waals surface area contributed by atoms with Crippen LogP contribution in [0.3, 0.4) is 0 Å². The number of benzene rings is 1. The number of anilines is 1. The number of carboxylic acids is 1. The highest BCUT2D eigenvalue weighted by molar-refractivity contribution is 5.90. The summed E-state index contributed by atoms with van der Waals surface area (Å²) in [7, 11) is 0. The first-order valence-corrected chi connectivity index (χ1v) is 8.57. The van der Waals surface area contributed by atoms with Gasteiger partial charge in [-0.3, -0.25) is 14.4 Å². The first kappa shape index (κ1) is 18.8. The molecule has 0 spiro atoms. The van der Waals surface area contributed by atoms with E-state index < -0.39 is 12.0 Å². The molecule has 2 N–H and O–H groups in total. The number of nitrogens with zero attached hydrogens (tertiary/aromatic N) is 2. The maximum absolute atomic E-state index is 12.4. The Hall–Kier alpha value is -2.57. The average Bonchev–Trinajstić information content (AvgIpc) is 2.61. The number of carbonyl (C=O) groups excluding carboxylic acids is 2. The zero-order valence-corrected chi connectivity index (χ0v) is 14.5. The molecule has 0 aromatic heterocycles. The fourth-order valence-corrected chi connectivity index (χ4v) is 2.95. The molecule has 0 aliphatic carbocycles. The Morgan fingerprint density at radius 1 is 1.12 bits per heavy atom. The van der Waals surface area contributed by atoms with Crippen LogP contribution in [-0.2, 0) is 14.4 Å². The first-order valence-electron chi connectivity index (χ1n) is 8.57. The number of amides is 2. The summed E-state index contributed by atoms with van der Waals surface area (Å²) in [4.78, 5) is 39.0. The van der Waals surface area contributed by atoms with Gasteiger partial charge in [0.15, 0.2) is 0 Å². The lowest BCUT2D eigenvalue weighted by molar-refractivity contribution is -0.137. The molecule has 1 aliphatic heterocycles. The van der Waals surface area contributed by atoms with Gasteiger partial charge in [0.05, 0.1) is 6.54 Å². The summed E-state index contributed by atoms with van der Waals surface area (Å²) in [5.74, 6) is -1.48. The summed E-state index contributed by atoms with van der Waals surface area (Å²) in [5.41, 5.74) is 0.648. The Morgan fingerprint density at radius 3 is 2.36 bits per heavy atom. The first-order chi connectivity index (χ1) is 12.0. The zero-order chi connectivity index (χ0) is 18.2. The van der Waals surface area contributed by atoms with E-state index in [2.05, 4.69) is 5.32 Å². The molecule has 2 rings (SSSR count). The third-order valence-electron chi connectivity index (χ3n) is 4.20. The highest BCUT2D eigenvalue weighted by atomic mass is 16.4. The SMILES string of the molecule is CC(NC(=O)CN(CC(=O)O)c1ccccc1)C(=O)N1CCCCC1. The minimum Gasteiger partial charge on any atom is -0.480 e. The summed E-state index contributed by atoms with van der Waals surface area (Å²) in [6.45, 7) is 2.72. The van der Waals surface area contributed by atoms with Crippen molar-refractivity contribution in [2.24, 2.45) is 0 Å². The number of hydrogen-bond donors (Lipinski definition) is 2. The van der Waals surface area contributed by atoms with Crippen molar-refractivity contribution in [2.75, 3.05) is 31.1 Å². The smallest absolute Gasteiger partial charge is 0.323 e. The molecule has 25 heavy (non-hydrogen) atoms. The van der Waals surface area contributed by atoms with Crippen molar-refractivity contribution in [1.82, 2.24) is 10.2 Å². The highest BCUT2D eigenvalue weighted by Gasteiger charge is 2.24. The summed E-state index contributed by atoms with van der Waals surface area (Å²) in [6.07, 6.45) is 3.12. The van der Waals surface area contributed by atoms with E-state index in [-0.39, 0.29) is 24.9 Å². The number of nitrogens with one attached hydrogen (secondary N) is 1. The molecule has 136 valence electrons. The molecule has 1 aromatic rings. The van der Waals surface area contributed by atoms with Crippen LogP contribution >= 0.6 is 0 Å². The minimum atomic E-state index is -1.02. The molecule has 1 heterocycles. The lowest BCUT2D eigenvalue weighted by Gasteiger charge is -2.30. The van der Waals surface area contributed by atoms with E-state index in [0.29, 0.717) is 5.69 Å². The number of carbonyl (C=O) groups is 3. The van der Waals surface area contributed by atoms with E-state index in [4.69, 9.17) is 5.11 Å². The number of rotatable bonds is 7. The van der Waals surface area contributed by atoms with Gasteiger partial charge in [0, 0.05) is 18.8 Å². The second-order valence-electron chi connectivity index (χ2n) is 6.26. The summed E-state index contributed by atoms with van der Waals surface area (Å²) < 4.78 is 0. The quantitative estimate of drug-likeness (QED) is 0.771. The van der Waals surface area contributed by atoms with Crippen molar-refractivity contribution in [1.29, 1.82) is 0 Å². The maximum atomic E-state index is 12.4. The number of likely N-dealkylation sites (tertiary alicyclic amines) is 1. The second kappa shape index (κ2) is 9.05. The van der Waals surface area contributed by atoms with Crippen LogP contribution in [0, 0.1) is 0 Å². The molecular formula is C18H25N3O4. The van der Waals surface area contributed by atoms with Gasteiger partial charge >= 0.3 is 5.97 Å². The van der Waals surface area contributed by atoms with E-state index >= 15 is 0 Å². The molecule has 1 saturated heterocycles. The van der Waals surface area contributed by atoms with Crippen molar-refractivity contribution < 1.29 is 19.5 Å². The second-order valence-corrected chi connectivity index (χ2v) is 6.26. The van der Waals surface area contributed by atoms with Crippen LogP contribution in [0.1, 0.15) is 26.2 Å². The summed E-state index contributed by atoms with van der Waals surface area (Å²) >= 11 is 0. The number of carboxylic acid groups (broad SMARTS) is 1. The molecule has 2 amide bonds. The van der Waals surface area contributed by atoms with Gasteiger partial charge < -0.3 is 20.2 Å². The molecule has 1 aromatic carbocycles. The summed E-state index contributed by atoms with van der Waals surface area (Å²) in [6, 6.07) is 8.27.